The van der Waals surface area contributed by atoms with Gasteiger partial charge in [0.15, 0.2) is 11.6 Å². The van der Waals surface area contributed by atoms with Gasteiger partial charge in [-0.2, -0.15) is 0 Å². The second kappa shape index (κ2) is 8.82. The van der Waals surface area contributed by atoms with Crippen LogP contribution in [0.15, 0.2) is 73.3 Å². The molecule has 2 N–H and O–H groups in total. The predicted molar refractivity (Wildman–Crippen MR) is 107 cm³/mol. The predicted octanol–water partition coefficient (Wildman–Crippen LogP) is 3.93. The number of hydrogen-bond donors (Lipinski definition) is 2. The Morgan fingerprint density at radius 1 is 0.821 bits per heavy atom. The molecule has 3 rings (SSSR count). The van der Waals surface area contributed by atoms with E-state index in [1.165, 1.54) is 36.4 Å². The Morgan fingerprint density at radius 2 is 1.32 bits per heavy atom. The van der Waals surface area contributed by atoms with Crippen LogP contribution in [0.5, 0.6) is 5.75 Å². The number of hydrogen-bond acceptors (Lipinski definition) is 3. The van der Waals surface area contributed by atoms with Crippen LogP contribution in [0.2, 0.25) is 0 Å². The Labute approximate surface area is 162 Å². The standard InChI is InChI=1S/C22H19BF2O3/c1-2-3-14-28-18-10-6-16(7-11-18)20-13-12-19(21(24)22(20)25)15-4-8-17(9-5-15)23(26)27/h2,4-13,26-27H,1,3,14H2. The average molecular weight is 380 g/mol. The minimum absolute atomic E-state index is 0.101. The molecule has 0 aliphatic carbocycles. The van der Waals surface area contributed by atoms with E-state index in [4.69, 9.17) is 14.8 Å². The lowest BCUT2D eigenvalue weighted by atomic mass is 9.80. The van der Waals surface area contributed by atoms with Crippen LogP contribution in [0, 0.1) is 11.6 Å². The van der Waals surface area contributed by atoms with E-state index in [2.05, 4.69) is 6.58 Å². The van der Waals surface area contributed by atoms with Crippen molar-refractivity contribution >= 4 is 12.6 Å². The molecule has 0 aliphatic heterocycles. The van der Waals surface area contributed by atoms with Gasteiger partial charge in [0.1, 0.15) is 5.75 Å². The maximum atomic E-state index is 14.7. The Hall–Kier alpha value is -2.96. The minimum atomic E-state index is -1.61. The van der Waals surface area contributed by atoms with Crippen LogP contribution in [0.1, 0.15) is 6.42 Å². The van der Waals surface area contributed by atoms with Crippen molar-refractivity contribution in [2.45, 2.75) is 6.42 Å². The van der Waals surface area contributed by atoms with E-state index in [9.17, 15) is 8.78 Å². The third-order valence-corrected chi connectivity index (χ3v) is 4.36. The second-order valence-corrected chi connectivity index (χ2v) is 6.23. The lowest BCUT2D eigenvalue weighted by Gasteiger charge is -2.11. The number of benzene rings is 3. The first-order chi connectivity index (χ1) is 13.5. The zero-order valence-electron chi connectivity index (χ0n) is 15.1. The van der Waals surface area contributed by atoms with Crippen molar-refractivity contribution in [2.75, 3.05) is 6.61 Å². The van der Waals surface area contributed by atoms with Crippen molar-refractivity contribution in [3.8, 4) is 28.0 Å². The van der Waals surface area contributed by atoms with E-state index in [0.29, 0.717) is 23.5 Å². The van der Waals surface area contributed by atoms with Crippen LogP contribution in [0.25, 0.3) is 22.3 Å². The molecule has 0 amide bonds. The molecule has 0 atom stereocenters. The lowest BCUT2D eigenvalue weighted by molar-refractivity contribution is 0.325. The summed E-state index contributed by atoms with van der Waals surface area (Å²) in [7, 11) is -1.61. The summed E-state index contributed by atoms with van der Waals surface area (Å²) in [5.74, 6) is -1.25. The molecular formula is C22H19BF2O3. The van der Waals surface area contributed by atoms with Crippen LogP contribution in [-0.2, 0) is 0 Å². The highest BCUT2D eigenvalue weighted by atomic mass is 19.2. The van der Waals surface area contributed by atoms with Crippen molar-refractivity contribution in [1.82, 2.24) is 0 Å². The van der Waals surface area contributed by atoms with Gasteiger partial charge in [0.25, 0.3) is 0 Å². The van der Waals surface area contributed by atoms with Crippen LogP contribution >= 0.6 is 0 Å². The fraction of sp³-hybridized carbons (Fsp3) is 0.0909. The second-order valence-electron chi connectivity index (χ2n) is 6.23. The number of rotatable bonds is 7. The maximum absolute atomic E-state index is 14.7. The van der Waals surface area contributed by atoms with Crippen LogP contribution < -0.4 is 10.2 Å². The molecule has 0 radical (unpaired) electrons. The molecule has 0 fully saturated rings. The number of halogens is 2. The smallest absolute Gasteiger partial charge is 0.488 e. The molecule has 0 unspecified atom stereocenters. The van der Waals surface area contributed by atoms with E-state index >= 15 is 0 Å². The first-order valence-corrected chi connectivity index (χ1v) is 8.80. The molecule has 0 heterocycles. The highest BCUT2D eigenvalue weighted by Gasteiger charge is 2.17. The van der Waals surface area contributed by atoms with E-state index in [1.54, 1.807) is 30.3 Å². The first kappa shape index (κ1) is 19.8. The van der Waals surface area contributed by atoms with Crippen molar-refractivity contribution in [3.05, 3.63) is 85.0 Å². The average Bonchev–Trinajstić information content (AvgIpc) is 2.71. The molecule has 0 aromatic heterocycles. The highest BCUT2D eigenvalue weighted by Crippen LogP contribution is 2.32. The van der Waals surface area contributed by atoms with Crippen molar-refractivity contribution < 1.29 is 23.6 Å². The largest absolute Gasteiger partial charge is 0.493 e. The van der Waals surface area contributed by atoms with Gasteiger partial charge in [0, 0.05) is 11.1 Å². The fourth-order valence-corrected chi connectivity index (χ4v) is 2.82. The van der Waals surface area contributed by atoms with Crippen LogP contribution in [0.4, 0.5) is 8.78 Å². The summed E-state index contributed by atoms with van der Waals surface area (Å²) in [6, 6.07) is 15.8. The maximum Gasteiger partial charge on any atom is 0.488 e. The molecule has 142 valence electrons. The van der Waals surface area contributed by atoms with E-state index < -0.39 is 18.8 Å². The normalized spacial score (nSPS) is 10.6. The minimum Gasteiger partial charge on any atom is -0.493 e. The molecule has 28 heavy (non-hydrogen) atoms. The van der Waals surface area contributed by atoms with Gasteiger partial charge >= 0.3 is 7.12 Å². The third-order valence-electron chi connectivity index (χ3n) is 4.36. The van der Waals surface area contributed by atoms with Gasteiger partial charge in [0.2, 0.25) is 0 Å². The first-order valence-electron chi connectivity index (χ1n) is 8.80. The zero-order valence-corrected chi connectivity index (χ0v) is 15.1. The summed E-state index contributed by atoms with van der Waals surface area (Å²) in [6.07, 6.45) is 2.48. The lowest BCUT2D eigenvalue weighted by Crippen LogP contribution is -2.29. The number of ether oxygens (including phenoxy) is 1. The van der Waals surface area contributed by atoms with E-state index in [0.717, 1.165) is 6.42 Å². The molecule has 0 aliphatic rings. The summed E-state index contributed by atoms with van der Waals surface area (Å²) >= 11 is 0. The molecule has 6 heteroatoms. The highest BCUT2D eigenvalue weighted by molar-refractivity contribution is 6.58. The van der Waals surface area contributed by atoms with Crippen molar-refractivity contribution in [2.24, 2.45) is 0 Å². The van der Waals surface area contributed by atoms with Gasteiger partial charge in [-0.15, -0.1) is 6.58 Å². The van der Waals surface area contributed by atoms with Gasteiger partial charge in [0.05, 0.1) is 6.61 Å². The molecule has 0 saturated heterocycles. The third kappa shape index (κ3) is 4.30. The van der Waals surface area contributed by atoms with Crippen LogP contribution in [0.3, 0.4) is 0 Å². The summed E-state index contributed by atoms with van der Waals surface area (Å²) in [5, 5.41) is 18.3. The molecule has 3 aromatic carbocycles. The van der Waals surface area contributed by atoms with Crippen molar-refractivity contribution in [3.63, 3.8) is 0 Å². The molecule has 0 saturated carbocycles. The zero-order chi connectivity index (χ0) is 20.1. The summed E-state index contributed by atoms with van der Waals surface area (Å²) < 4.78 is 34.9. The summed E-state index contributed by atoms with van der Waals surface area (Å²) in [6.45, 7) is 4.13. The quantitative estimate of drug-likeness (QED) is 0.371. The van der Waals surface area contributed by atoms with Gasteiger partial charge in [-0.05, 0) is 35.1 Å². The SMILES string of the molecule is C=CCCOc1ccc(-c2ccc(-c3ccc(B(O)O)cc3)c(F)c2F)cc1. The molecular weight excluding hydrogens is 361 g/mol. The summed E-state index contributed by atoms with van der Waals surface area (Å²) in [4.78, 5) is 0. The Balaban J connectivity index is 1.86. The van der Waals surface area contributed by atoms with Crippen molar-refractivity contribution in [1.29, 1.82) is 0 Å². The fourth-order valence-electron chi connectivity index (χ4n) is 2.82. The van der Waals surface area contributed by atoms with Gasteiger partial charge in [-0.1, -0.05) is 54.6 Å². The van der Waals surface area contributed by atoms with E-state index in [-0.39, 0.29) is 16.6 Å². The monoisotopic (exact) mass is 380 g/mol. The summed E-state index contributed by atoms with van der Waals surface area (Å²) in [5.41, 5.74) is 1.51. The van der Waals surface area contributed by atoms with Gasteiger partial charge < -0.3 is 14.8 Å². The Kier molecular flexibility index (Phi) is 6.24. The Bertz CT molecular complexity index is 955. The van der Waals surface area contributed by atoms with Crippen LogP contribution in [-0.4, -0.2) is 23.8 Å². The van der Waals surface area contributed by atoms with Gasteiger partial charge in [-0.25, -0.2) is 8.78 Å². The molecule has 3 aromatic rings. The van der Waals surface area contributed by atoms with E-state index in [1.807, 2.05) is 0 Å². The Morgan fingerprint density at radius 3 is 1.79 bits per heavy atom. The molecule has 0 spiro atoms. The molecule has 0 bridgehead atoms. The topological polar surface area (TPSA) is 49.7 Å². The van der Waals surface area contributed by atoms with Gasteiger partial charge in [-0.3, -0.25) is 0 Å². The molecule has 3 nitrogen and oxygen atoms in total.